The van der Waals surface area contributed by atoms with Crippen LogP contribution in [0.1, 0.15) is 10.4 Å². The molecule has 1 aromatic heterocycles. The molecule has 92 valence electrons. The molecule has 9 heteroatoms. The lowest BCUT2D eigenvalue weighted by atomic mass is 10.2. The molecule has 8 nitrogen and oxygen atoms in total. The number of aromatic amines is 1. The Morgan fingerprint density at radius 2 is 2.28 bits per heavy atom. The lowest BCUT2D eigenvalue weighted by Gasteiger charge is -2.00. The Morgan fingerprint density at radius 3 is 2.89 bits per heavy atom. The van der Waals surface area contributed by atoms with Crippen molar-refractivity contribution in [2.75, 3.05) is 5.32 Å². The fourth-order valence-electron chi connectivity index (χ4n) is 1.21. The Balaban J connectivity index is 2.21. The Morgan fingerprint density at radius 1 is 1.50 bits per heavy atom. The number of nitro groups is 1. The van der Waals surface area contributed by atoms with Crippen LogP contribution in [0.4, 0.5) is 10.8 Å². The largest absolute Gasteiger partial charge is 0.357 e. The molecule has 0 aliphatic heterocycles. The van der Waals surface area contributed by atoms with Crippen LogP contribution in [0.15, 0.2) is 29.1 Å². The summed E-state index contributed by atoms with van der Waals surface area (Å²) in [6, 6.07) is 5.26. The Kier molecular flexibility index (Phi) is 3.15. The summed E-state index contributed by atoms with van der Waals surface area (Å²) in [4.78, 5) is 35.9. The smallest absolute Gasteiger partial charge is 0.297 e. The number of non-ortho nitro benzene ring substituents is 1. The fraction of sp³-hybridized carbons (Fsp3) is 0. The summed E-state index contributed by atoms with van der Waals surface area (Å²) in [5.41, 5.74) is -0.626. The topological polar surface area (TPSA) is 118 Å². The van der Waals surface area contributed by atoms with Gasteiger partial charge in [0.15, 0.2) is 0 Å². The normalized spacial score (nSPS) is 10.0. The molecule has 1 amide bonds. The van der Waals surface area contributed by atoms with E-state index >= 15 is 0 Å². The van der Waals surface area contributed by atoms with Crippen molar-refractivity contribution in [2.24, 2.45) is 0 Å². The standard InChI is InChI=1S/C9H6N4O4S/c14-7(10-9-11-8(15)12-18-9)5-2-1-3-6(4-5)13(16)17/h1-4H,(H2,10,11,12,14,15). The van der Waals surface area contributed by atoms with E-state index in [9.17, 15) is 19.7 Å². The first-order valence-electron chi connectivity index (χ1n) is 4.67. The number of anilines is 1. The molecule has 0 saturated carbocycles. The molecule has 18 heavy (non-hydrogen) atoms. The van der Waals surface area contributed by atoms with E-state index in [0.717, 1.165) is 17.6 Å². The first-order valence-corrected chi connectivity index (χ1v) is 5.49. The second-order valence-electron chi connectivity index (χ2n) is 3.19. The van der Waals surface area contributed by atoms with Gasteiger partial charge >= 0.3 is 5.69 Å². The number of benzene rings is 1. The van der Waals surface area contributed by atoms with E-state index in [1.807, 2.05) is 0 Å². The zero-order valence-corrected chi connectivity index (χ0v) is 9.56. The third-order valence-corrected chi connectivity index (χ3v) is 2.64. The predicted molar refractivity (Wildman–Crippen MR) is 63.8 cm³/mol. The van der Waals surface area contributed by atoms with Crippen molar-refractivity contribution in [3.8, 4) is 0 Å². The number of nitrogens with zero attached hydrogens (tertiary/aromatic N) is 2. The molecule has 0 spiro atoms. The highest BCUT2D eigenvalue weighted by molar-refractivity contribution is 7.09. The van der Waals surface area contributed by atoms with E-state index in [-0.39, 0.29) is 16.4 Å². The van der Waals surface area contributed by atoms with Gasteiger partial charge in [-0.2, -0.15) is 4.98 Å². The van der Waals surface area contributed by atoms with Crippen LogP contribution in [0.5, 0.6) is 0 Å². The molecular formula is C9H6N4O4S. The van der Waals surface area contributed by atoms with E-state index in [2.05, 4.69) is 14.7 Å². The number of nitrogens with one attached hydrogen (secondary N) is 2. The maximum atomic E-state index is 11.7. The van der Waals surface area contributed by atoms with Crippen molar-refractivity contribution in [2.45, 2.75) is 0 Å². The summed E-state index contributed by atoms with van der Waals surface area (Å²) in [6.45, 7) is 0. The molecule has 0 aliphatic rings. The van der Waals surface area contributed by atoms with E-state index < -0.39 is 16.5 Å². The molecule has 0 aliphatic carbocycles. The summed E-state index contributed by atoms with van der Waals surface area (Å²) in [6.07, 6.45) is 0. The molecule has 2 aromatic rings. The van der Waals surface area contributed by atoms with E-state index in [1.54, 1.807) is 0 Å². The molecule has 0 saturated heterocycles. The lowest BCUT2D eigenvalue weighted by molar-refractivity contribution is -0.384. The molecule has 1 aromatic carbocycles. The van der Waals surface area contributed by atoms with Gasteiger partial charge in [0, 0.05) is 17.7 Å². The molecule has 0 fully saturated rings. The monoisotopic (exact) mass is 266 g/mol. The lowest BCUT2D eigenvalue weighted by Crippen LogP contribution is -2.13. The summed E-state index contributed by atoms with van der Waals surface area (Å²) in [5.74, 6) is -0.568. The summed E-state index contributed by atoms with van der Waals surface area (Å²) < 4.78 is 2.31. The number of carbonyl (C=O) groups is 1. The van der Waals surface area contributed by atoms with Gasteiger partial charge in [-0.1, -0.05) is 6.07 Å². The number of aromatic nitrogens is 2. The third kappa shape index (κ3) is 2.58. The van der Waals surface area contributed by atoms with E-state index in [1.165, 1.54) is 18.2 Å². The number of rotatable bonds is 3. The minimum Gasteiger partial charge on any atom is -0.297 e. The van der Waals surface area contributed by atoms with Gasteiger partial charge in [-0.3, -0.25) is 24.6 Å². The van der Waals surface area contributed by atoms with Crippen molar-refractivity contribution in [3.63, 3.8) is 0 Å². The van der Waals surface area contributed by atoms with E-state index in [0.29, 0.717) is 0 Å². The van der Waals surface area contributed by atoms with Gasteiger partial charge in [0.25, 0.3) is 11.6 Å². The Labute approximate surface area is 104 Å². The average Bonchev–Trinajstić information content (AvgIpc) is 2.75. The van der Waals surface area contributed by atoms with Gasteiger partial charge in [-0.05, 0) is 17.6 Å². The van der Waals surface area contributed by atoms with Crippen LogP contribution < -0.4 is 11.0 Å². The first kappa shape index (κ1) is 11.9. The summed E-state index contributed by atoms with van der Waals surface area (Å²) in [7, 11) is 0. The molecular weight excluding hydrogens is 260 g/mol. The van der Waals surface area contributed by atoms with Gasteiger partial charge in [-0.15, -0.1) is 0 Å². The number of carbonyl (C=O) groups excluding carboxylic acids is 1. The van der Waals surface area contributed by atoms with Gasteiger partial charge < -0.3 is 0 Å². The first-order chi connectivity index (χ1) is 8.56. The number of amides is 1. The molecule has 2 rings (SSSR count). The predicted octanol–water partition coefficient (Wildman–Crippen LogP) is 0.992. The third-order valence-electron chi connectivity index (χ3n) is 1.98. The molecule has 0 atom stereocenters. The van der Waals surface area contributed by atoms with Crippen molar-refractivity contribution in [3.05, 3.63) is 50.4 Å². The highest BCUT2D eigenvalue weighted by Gasteiger charge is 2.12. The number of nitro benzene ring substituents is 1. The number of hydrogen-bond acceptors (Lipinski definition) is 6. The van der Waals surface area contributed by atoms with Crippen molar-refractivity contribution < 1.29 is 9.72 Å². The number of H-pyrrole nitrogens is 1. The Hall–Kier alpha value is -2.55. The fourth-order valence-corrected chi connectivity index (χ4v) is 1.72. The van der Waals surface area contributed by atoms with Crippen molar-refractivity contribution >= 4 is 28.3 Å². The zero-order chi connectivity index (χ0) is 13.1. The van der Waals surface area contributed by atoms with Crippen LogP contribution >= 0.6 is 11.5 Å². The average molecular weight is 266 g/mol. The van der Waals surface area contributed by atoms with E-state index in [4.69, 9.17) is 0 Å². The second kappa shape index (κ2) is 4.75. The van der Waals surface area contributed by atoms with Crippen LogP contribution in [-0.2, 0) is 0 Å². The molecule has 0 radical (unpaired) electrons. The van der Waals surface area contributed by atoms with Crippen LogP contribution in [0.25, 0.3) is 0 Å². The summed E-state index contributed by atoms with van der Waals surface area (Å²) in [5, 5.41) is 13.0. The van der Waals surface area contributed by atoms with Crippen molar-refractivity contribution in [1.82, 2.24) is 9.36 Å². The van der Waals surface area contributed by atoms with Gasteiger partial charge in [0.2, 0.25) is 5.13 Å². The SMILES string of the molecule is O=C(Nc1nc(=O)[nH]s1)c1cccc([N+](=O)[O-])c1. The minimum atomic E-state index is -0.594. The molecule has 0 unspecified atom stereocenters. The van der Waals surface area contributed by atoms with Crippen LogP contribution in [-0.4, -0.2) is 20.2 Å². The van der Waals surface area contributed by atoms with Gasteiger partial charge in [0.1, 0.15) is 0 Å². The number of hydrogen-bond donors (Lipinski definition) is 2. The Bertz CT molecular complexity index is 662. The quantitative estimate of drug-likeness (QED) is 0.634. The molecule has 1 heterocycles. The molecule has 0 bridgehead atoms. The second-order valence-corrected chi connectivity index (χ2v) is 3.98. The van der Waals surface area contributed by atoms with Gasteiger partial charge in [-0.25, -0.2) is 4.79 Å². The highest BCUT2D eigenvalue weighted by atomic mass is 32.1. The van der Waals surface area contributed by atoms with Crippen LogP contribution in [0.3, 0.4) is 0 Å². The maximum absolute atomic E-state index is 11.7. The molecule has 2 N–H and O–H groups in total. The highest BCUT2D eigenvalue weighted by Crippen LogP contribution is 2.14. The summed E-state index contributed by atoms with van der Waals surface area (Å²) >= 11 is 0.869. The minimum absolute atomic E-state index is 0.108. The van der Waals surface area contributed by atoms with Gasteiger partial charge in [0.05, 0.1) is 4.92 Å². The van der Waals surface area contributed by atoms with Crippen LogP contribution in [0.2, 0.25) is 0 Å². The van der Waals surface area contributed by atoms with Crippen LogP contribution in [0, 0.1) is 10.1 Å². The van der Waals surface area contributed by atoms with Crippen molar-refractivity contribution in [1.29, 1.82) is 0 Å². The zero-order valence-electron chi connectivity index (χ0n) is 8.75. The maximum Gasteiger partial charge on any atom is 0.357 e.